The maximum absolute atomic E-state index is 12.1. The van der Waals surface area contributed by atoms with Gasteiger partial charge in [-0.05, 0) is 26.0 Å². The highest BCUT2D eigenvalue weighted by Crippen LogP contribution is 2.35. The van der Waals surface area contributed by atoms with Crippen LogP contribution in [-0.4, -0.2) is 19.1 Å². The molecule has 0 fully saturated rings. The first-order chi connectivity index (χ1) is 6.87. The van der Waals surface area contributed by atoms with E-state index in [0.717, 1.165) is 0 Å². The van der Waals surface area contributed by atoms with Crippen molar-refractivity contribution in [2.75, 3.05) is 5.32 Å². The fourth-order valence-corrected chi connectivity index (χ4v) is 2.99. The summed E-state index contributed by atoms with van der Waals surface area (Å²) in [6, 6.07) is 6.42. The molecule has 0 saturated carbocycles. The quantitative estimate of drug-likeness (QED) is 0.721. The minimum Gasteiger partial charge on any atom is -0.324 e. The molecule has 0 aromatic heterocycles. The van der Waals surface area contributed by atoms with Gasteiger partial charge in [-0.1, -0.05) is 12.1 Å². The normalized spacial score (nSPS) is 21.6. The minimum atomic E-state index is -3.58. The van der Waals surface area contributed by atoms with Crippen LogP contribution in [0.2, 0.25) is 0 Å². The van der Waals surface area contributed by atoms with Crippen LogP contribution in [0.4, 0.5) is 5.69 Å². The first kappa shape index (κ1) is 10.2. The molecule has 1 N–H and O–H groups in total. The van der Waals surface area contributed by atoms with Crippen LogP contribution in [0, 0.1) is 0 Å². The summed E-state index contributed by atoms with van der Waals surface area (Å²) in [6.07, 6.45) is 0. The number of para-hydroxylation sites is 1. The van der Waals surface area contributed by atoms with Crippen LogP contribution in [0.15, 0.2) is 29.2 Å². The number of sulfone groups is 1. The second kappa shape index (κ2) is 2.82. The van der Waals surface area contributed by atoms with Gasteiger partial charge in [-0.15, -0.1) is 0 Å². The Hall–Kier alpha value is -1.36. The zero-order valence-corrected chi connectivity index (χ0v) is 9.26. The fraction of sp³-hybridized carbons (Fsp3) is 0.300. The largest absolute Gasteiger partial charge is 0.324 e. The van der Waals surface area contributed by atoms with Crippen molar-refractivity contribution in [3.63, 3.8) is 0 Å². The molecule has 0 saturated heterocycles. The molecule has 0 unspecified atom stereocenters. The Bertz CT molecular complexity index is 531. The molecular weight excluding hydrogens is 214 g/mol. The number of benzene rings is 1. The molecule has 0 radical (unpaired) electrons. The Balaban J connectivity index is 2.79. The van der Waals surface area contributed by atoms with Crippen LogP contribution in [0.3, 0.4) is 0 Å². The van der Waals surface area contributed by atoms with Crippen molar-refractivity contribution < 1.29 is 13.2 Å². The molecule has 2 rings (SSSR count). The molecule has 1 aromatic carbocycles. The van der Waals surface area contributed by atoms with E-state index in [-0.39, 0.29) is 4.90 Å². The van der Waals surface area contributed by atoms with Crippen molar-refractivity contribution in [1.29, 1.82) is 0 Å². The van der Waals surface area contributed by atoms with Gasteiger partial charge >= 0.3 is 0 Å². The summed E-state index contributed by atoms with van der Waals surface area (Å²) in [6.45, 7) is 2.82. The summed E-state index contributed by atoms with van der Waals surface area (Å²) >= 11 is 0. The van der Waals surface area contributed by atoms with E-state index in [2.05, 4.69) is 5.32 Å². The van der Waals surface area contributed by atoms with Crippen LogP contribution in [0.1, 0.15) is 13.8 Å². The second-order valence-electron chi connectivity index (χ2n) is 3.96. The SMILES string of the molecule is CC1(C)C(=O)Nc2ccccc2S1(=O)=O. The van der Waals surface area contributed by atoms with E-state index in [1.807, 2.05) is 0 Å². The number of hydrogen-bond acceptors (Lipinski definition) is 3. The van der Waals surface area contributed by atoms with Gasteiger partial charge in [0.05, 0.1) is 10.6 Å². The van der Waals surface area contributed by atoms with E-state index in [4.69, 9.17) is 0 Å². The lowest BCUT2D eigenvalue weighted by molar-refractivity contribution is -0.118. The van der Waals surface area contributed by atoms with Crippen LogP contribution in [0.25, 0.3) is 0 Å². The summed E-state index contributed by atoms with van der Waals surface area (Å²) in [7, 11) is -3.58. The molecule has 0 aliphatic carbocycles. The van der Waals surface area contributed by atoms with Gasteiger partial charge in [0.25, 0.3) is 0 Å². The van der Waals surface area contributed by atoms with Gasteiger partial charge in [0.15, 0.2) is 9.84 Å². The predicted octanol–water partition coefficient (Wildman–Crippen LogP) is 1.19. The first-order valence-electron chi connectivity index (χ1n) is 4.52. The second-order valence-corrected chi connectivity index (χ2v) is 6.43. The van der Waals surface area contributed by atoms with E-state index in [0.29, 0.717) is 5.69 Å². The van der Waals surface area contributed by atoms with Gasteiger partial charge < -0.3 is 5.32 Å². The highest BCUT2D eigenvalue weighted by molar-refractivity contribution is 7.94. The third kappa shape index (κ3) is 1.19. The van der Waals surface area contributed by atoms with Crippen molar-refractivity contribution in [2.24, 2.45) is 0 Å². The van der Waals surface area contributed by atoms with E-state index in [9.17, 15) is 13.2 Å². The molecule has 1 aromatic rings. The Labute approximate surface area is 88.2 Å². The molecule has 80 valence electrons. The van der Waals surface area contributed by atoms with Gasteiger partial charge in [-0.25, -0.2) is 8.42 Å². The van der Waals surface area contributed by atoms with Gasteiger partial charge in [0.1, 0.15) is 4.75 Å². The molecule has 0 bridgehead atoms. The summed E-state index contributed by atoms with van der Waals surface area (Å²) in [5.41, 5.74) is 0.363. The molecular formula is C10H11NO3S. The maximum atomic E-state index is 12.1. The Morgan fingerprint density at radius 1 is 1.20 bits per heavy atom. The lowest BCUT2D eigenvalue weighted by Gasteiger charge is -2.29. The number of hydrogen-bond donors (Lipinski definition) is 1. The molecule has 1 amide bonds. The highest BCUT2D eigenvalue weighted by Gasteiger charge is 2.47. The number of carbonyl (C=O) groups is 1. The lowest BCUT2D eigenvalue weighted by atomic mass is 10.2. The molecule has 15 heavy (non-hydrogen) atoms. The zero-order chi connectivity index (χ0) is 11.3. The Morgan fingerprint density at radius 3 is 2.47 bits per heavy atom. The van der Waals surface area contributed by atoms with Crippen LogP contribution in [-0.2, 0) is 14.6 Å². The third-order valence-electron chi connectivity index (χ3n) is 2.64. The molecule has 4 nitrogen and oxygen atoms in total. The molecule has 5 heteroatoms. The summed E-state index contributed by atoms with van der Waals surface area (Å²) in [4.78, 5) is 11.8. The standard InChI is InChI=1S/C10H11NO3S/c1-10(2)9(12)11-7-5-3-4-6-8(7)15(10,13)14/h3-6H,1-2H3,(H,11,12). The monoisotopic (exact) mass is 225 g/mol. The summed E-state index contributed by atoms with van der Waals surface area (Å²) in [5, 5.41) is 2.59. The molecule has 1 aliphatic rings. The van der Waals surface area contributed by atoms with Crippen molar-refractivity contribution in [2.45, 2.75) is 23.5 Å². The maximum Gasteiger partial charge on any atom is 0.245 e. The number of amides is 1. The average molecular weight is 225 g/mol. The number of anilines is 1. The number of carbonyl (C=O) groups excluding carboxylic acids is 1. The van der Waals surface area contributed by atoms with Crippen LogP contribution < -0.4 is 5.32 Å². The first-order valence-corrected chi connectivity index (χ1v) is 6.01. The van der Waals surface area contributed by atoms with Gasteiger partial charge in [-0.3, -0.25) is 4.79 Å². The molecule has 1 heterocycles. The molecule has 0 atom stereocenters. The molecule has 1 aliphatic heterocycles. The van der Waals surface area contributed by atoms with Gasteiger partial charge in [-0.2, -0.15) is 0 Å². The average Bonchev–Trinajstić information content (AvgIpc) is 2.16. The smallest absolute Gasteiger partial charge is 0.245 e. The lowest BCUT2D eigenvalue weighted by Crippen LogP contribution is -2.48. The van der Waals surface area contributed by atoms with Gasteiger partial charge in [0.2, 0.25) is 5.91 Å². The van der Waals surface area contributed by atoms with E-state index < -0.39 is 20.5 Å². The Kier molecular flexibility index (Phi) is 1.91. The third-order valence-corrected chi connectivity index (χ3v) is 5.11. The molecule has 0 spiro atoms. The van der Waals surface area contributed by atoms with Crippen LogP contribution in [0.5, 0.6) is 0 Å². The summed E-state index contributed by atoms with van der Waals surface area (Å²) < 4.78 is 22.7. The zero-order valence-electron chi connectivity index (χ0n) is 8.44. The number of nitrogens with one attached hydrogen (secondary N) is 1. The van der Waals surface area contributed by atoms with E-state index in [1.165, 1.54) is 19.9 Å². The van der Waals surface area contributed by atoms with E-state index in [1.54, 1.807) is 18.2 Å². The minimum absolute atomic E-state index is 0.189. The number of fused-ring (bicyclic) bond motifs is 1. The van der Waals surface area contributed by atoms with Crippen LogP contribution >= 0.6 is 0 Å². The topological polar surface area (TPSA) is 63.2 Å². The van der Waals surface area contributed by atoms with Crippen molar-refractivity contribution >= 4 is 21.4 Å². The van der Waals surface area contributed by atoms with Crippen molar-refractivity contribution in [3.05, 3.63) is 24.3 Å². The summed E-state index contributed by atoms with van der Waals surface area (Å²) in [5.74, 6) is -0.485. The Morgan fingerprint density at radius 2 is 1.80 bits per heavy atom. The fourth-order valence-electron chi connectivity index (χ4n) is 1.47. The van der Waals surface area contributed by atoms with Crippen molar-refractivity contribution in [1.82, 2.24) is 0 Å². The predicted molar refractivity (Wildman–Crippen MR) is 56.3 cm³/mol. The van der Waals surface area contributed by atoms with Gasteiger partial charge in [0, 0.05) is 0 Å². The number of rotatable bonds is 0. The van der Waals surface area contributed by atoms with E-state index >= 15 is 0 Å². The van der Waals surface area contributed by atoms with Crippen molar-refractivity contribution in [3.8, 4) is 0 Å². The highest BCUT2D eigenvalue weighted by atomic mass is 32.2.